The molecular weight excluding hydrogens is 323 g/mol. The molecule has 2 aromatic rings. The number of anilines is 1. The maximum atomic E-state index is 12.9. The molecule has 2 heterocycles. The van der Waals surface area contributed by atoms with E-state index in [4.69, 9.17) is 16.3 Å². The average Bonchev–Trinajstić information content (AvgIpc) is 2.98. The van der Waals surface area contributed by atoms with Crippen LogP contribution in [-0.2, 0) is 0 Å². The molecule has 0 aliphatic carbocycles. The van der Waals surface area contributed by atoms with Crippen molar-refractivity contribution in [3.8, 4) is 5.75 Å². The fraction of sp³-hybridized carbons (Fsp3) is 0.250. The summed E-state index contributed by atoms with van der Waals surface area (Å²) in [7, 11) is 0. The number of hydrogen-bond donors (Lipinski definition) is 1. The van der Waals surface area contributed by atoms with Gasteiger partial charge in [-0.2, -0.15) is 0 Å². The van der Waals surface area contributed by atoms with Gasteiger partial charge in [-0.15, -0.1) is 0 Å². The Morgan fingerprint density at radius 2 is 2.13 bits per heavy atom. The summed E-state index contributed by atoms with van der Waals surface area (Å²) in [4.78, 5) is 17.3. The largest absolute Gasteiger partial charge is 0.489 e. The van der Waals surface area contributed by atoms with E-state index >= 15 is 0 Å². The molecule has 0 amide bonds. The molecule has 1 atom stereocenters. The van der Waals surface area contributed by atoms with Gasteiger partial charge >= 0.3 is 5.97 Å². The lowest BCUT2D eigenvalue weighted by Crippen LogP contribution is -2.26. The molecule has 5 nitrogen and oxygen atoms in total. The summed E-state index contributed by atoms with van der Waals surface area (Å²) in [5.74, 6) is -0.423. The smallest absolute Gasteiger partial charge is 0.339 e. The van der Waals surface area contributed by atoms with E-state index in [1.54, 1.807) is 12.1 Å². The first-order chi connectivity index (χ1) is 11.0. The van der Waals surface area contributed by atoms with Gasteiger partial charge in [0.1, 0.15) is 29.1 Å². The molecule has 1 aliphatic heterocycles. The number of nitrogens with zero attached hydrogens (tertiary/aromatic N) is 2. The third-order valence-electron chi connectivity index (χ3n) is 3.62. The highest BCUT2D eigenvalue weighted by atomic mass is 35.5. The summed E-state index contributed by atoms with van der Waals surface area (Å²) in [6, 6.07) is 7.21. The van der Waals surface area contributed by atoms with E-state index in [0.29, 0.717) is 24.7 Å². The van der Waals surface area contributed by atoms with E-state index in [1.165, 1.54) is 24.4 Å². The highest BCUT2D eigenvalue weighted by Gasteiger charge is 2.28. The molecule has 0 spiro atoms. The van der Waals surface area contributed by atoms with Gasteiger partial charge in [0.2, 0.25) is 0 Å². The first-order valence-corrected chi connectivity index (χ1v) is 7.47. The van der Waals surface area contributed by atoms with Gasteiger partial charge in [0.25, 0.3) is 0 Å². The molecule has 0 saturated carbocycles. The van der Waals surface area contributed by atoms with E-state index in [-0.39, 0.29) is 22.5 Å². The minimum absolute atomic E-state index is 0.0694. The molecule has 1 aliphatic rings. The number of carbonyl (C=O) groups is 1. The molecule has 23 heavy (non-hydrogen) atoms. The molecule has 7 heteroatoms. The number of aromatic carboxylic acids is 1. The summed E-state index contributed by atoms with van der Waals surface area (Å²) >= 11 is 5.82. The molecular formula is C16H14ClFN2O3. The lowest BCUT2D eigenvalue weighted by Gasteiger charge is -2.19. The summed E-state index contributed by atoms with van der Waals surface area (Å²) in [6.07, 6.45) is 2.04. The van der Waals surface area contributed by atoms with Gasteiger partial charge in [0.05, 0.1) is 11.6 Å². The van der Waals surface area contributed by atoms with Crippen molar-refractivity contribution >= 4 is 23.4 Å². The normalized spacial score (nSPS) is 17.3. The number of pyridine rings is 1. The van der Waals surface area contributed by atoms with Crippen LogP contribution >= 0.6 is 11.6 Å². The van der Waals surface area contributed by atoms with Crippen molar-refractivity contribution in [2.24, 2.45) is 0 Å². The van der Waals surface area contributed by atoms with E-state index in [1.807, 2.05) is 4.90 Å². The number of halogens is 2. The van der Waals surface area contributed by atoms with E-state index < -0.39 is 5.97 Å². The van der Waals surface area contributed by atoms with Crippen LogP contribution in [-0.4, -0.2) is 35.3 Å². The fourth-order valence-electron chi connectivity index (χ4n) is 2.56. The topological polar surface area (TPSA) is 62.7 Å². The maximum Gasteiger partial charge on any atom is 0.339 e. The zero-order chi connectivity index (χ0) is 16.4. The summed E-state index contributed by atoms with van der Waals surface area (Å²) in [5.41, 5.74) is 0.0694. The van der Waals surface area contributed by atoms with Gasteiger partial charge in [-0.1, -0.05) is 11.6 Å². The second kappa shape index (κ2) is 6.42. The Morgan fingerprint density at radius 1 is 1.39 bits per heavy atom. The second-order valence-electron chi connectivity index (χ2n) is 5.26. The third-order valence-corrected chi connectivity index (χ3v) is 3.83. The molecule has 1 unspecified atom stereocenters. The molecule has 1 aromatic heterocycles. The molecule has 120 valence electrons. The van der Waals surface area contributed by atoms with Crippen molar-refractivity contribution in [3.63, 3.8) is 0 Å². The summed E-state index contributed by atoms with van der Waals surface area (Å²) in [6.45, 7) is 1.13. The molecule has 1 aromatic carbocycles. The number of benzene rings is 1. The van der Waals surface area contributed by atoms with Crippen LogP contribution in [0.15, 0.2) is 36.5 Å². The van der Waals surface area contributed by atoms with E-state index in [2.05, 4.69) is 4.98 Å². The van der Waals surface area contributed by atoms with Gasteiger partial charge in [0.15, 0.2) is 0 Å². The number of ether oxygens (including phenoxy) is 1. The summed E-state index contributed by atoms with van der Waals surface area (Å²) in [5, 5.41) is 9.57. The van der Waals surface area contributed by atoms with E-state index in [0.717, 1.165) is 6.42 Å². The highest BCUT2D eigenvalue weighted by molar-refractivity contribution is 6.30. The molecule has 3 rings (SSSR count). The third kappa shape index (κ3) is 3.53. The van der Waals surface area contributed by atoms with Crippen molar-refractivity contribution in [1.82, 2.24) is 4.98 Å². The minimum atomic E-state index is -1.07. The Kier molecular flexibility index (Phi) is 4.34. The first kappa shape index (κ1) is 15.6. The lowest BCUT2D eigenvalue weighted by molar-refractivity contribution is 0.0697. The number of carboxylic acid groups (broad SMARTS) is 1. The van der Waals surface area contributed by atoms with Crippen LogP contribution in [0.4, 0.5) is 10.2 Å². The van der Waals surface area contributed by atoms with Crippen LogP contribution in [0.1, 0.15) is 16.8 Å². The Morgan fingerprint density at radius 3 is 2.83 bits per heavy atom. The van der Waals surface area contributed by atoms with Crippen molar-refractivity contribution in [3.05, 3.63) is 52.9 Å². The van der Waals surface area contributed by atoms with E-state index in [9.17, 15) is 14.3 Å². The monoisotopic (exact) mass is 336 g/mol. The maximum absolute atomic E-state index is 12.9. The molecule has 0 radical (unpaired) electrons. The van der Waals surface area contributed by atoms with Crippen LogP contribution in [0.2, 0.25) is 5.02 Å². The Hall–Kier alpha value is -2.34. The number of aromatic nitrogens is 1. The van der Waals surface area contributed by atoms with Gasteiger partial charge in [-0.3, -0.25) is 0 Å². The standard InChI is InChI=1S/C16H14ClFN2O3/c17-10-7-14(16(21)22)15(19-8-10)20-6-5-13(9-20)23-12-3-1-11(18)2-4-12/h1-4,7-8,13H,5-6,9H2,(H,21,22). The van der Waals surface area contributed by atoms with Crippen LogP contribution < -0.4 is 9.64 Å². The van der Waals surface area contributed by atoms with Gasteiger partial charge in [-0.25, -0.2) is 14.2 Å². The predicted octanol–water partition coefficient (Wildman–Crippen LogP) is 3.23. The Bertz CT molecular complexity index is 724. The molecule has 1 N–H and O–H groups in total. The summed E-state index contributed by atoms with van der Waals surface area (Å²) < 4.78 is 18.7. The SMILES string of the molecule is O=C(O)c1cc(Cl)cnc1N1CCC(Oc2ccc(F)cc2)C1. The predicted molar refractivity (Wildman–Crippen MR) is 83.9 cm³/mol. The average molecular weight is 337 g/mol. The zero-order valence-corrected chi connectivity index (χ0v) is 12.8. The second-order valence-corrected chi connectivity index (χ2v) is 5.69. The van der Waals surface area contributed by atoms with Crippen LogP contribution in [0.3, 0.4) is 0 Å². The molecule has 0 bridgehead atoms. The van der Waals surface area contributed by atoms with Gasteiger partial charge in [-0.05, 0) is 30.3 Å². The first-order valence-electron chi connectivity index (χ1n) is 7.09. The van der Waals surface area contributed by atoms with Crippen molar-refractivity contribution in [2.75, 3.05) is 18.0 Å². The lowest BCUT2D eigenvalue weighted by atomic mass is 10.2. The Labute approximate surface area is 137 Å². The van der Waals surface area contributed by atoms with Crippen molar-refractivity contribution < 1.29 is 19.0 Å². The molecule has 1 saturated heterocycles. The number of hydrogen-bond acceptors (Lipinski definition) is 4. The fourth-order valence-corrected chi connectivity index (χ4v) is 2.72. The van der Waals surface area contributed by atoms with Crippen LogP contribution in [0, 0.1) is 5.82 Å². The molecule has 1 fully saturated rings. The quantitative estimate of drug-likeness (QED) is 0.928. The Balaban J connectivity index is 1.72. The van der Waals surface area contributed by atoms with Crippen LogP contribution in [0.25, 0.3) is 0 Å². The zero-order valence-electron chi connectivity index (χ0n) is 12.1. The van der Waals surface area contributed by atoms with Crippen LogP contribution in [0.5, 0.6) is 5.75 Å². The van der Waals surface area contributed by atoms with Gasteiger partial charge < -0.3 is 14.7 Å². The van der Waals surface area contributed by atoms with Crippen molar-refractivity contribution in [1.29, 1.82) is 0 Å². The van der Waals surface area contributed by atoms with Crippen molar-refractivity contribution in [2.45, 2.75) is 12.5 Å². The van der Waals surface area contributed by atoms with Gasteiger partial charge in [0, 0.05) is 19.2 Å². The minimum Gasteiger partial charge on any atom is -0.489 e. The highest BCUT2D eigenvalue weighted by Crippen LogP contribution is 2.26. The number of rotatable bonds is 4. The number of carboxylic acids is 1.